The van der Waals surface area contributed by atoms with Crippen LogP contribution in [0.1, 0.15) is 24.6 Å². The van der Waals surface area contributed by atoms with Crippen LogP contribution in [-0.4, -0.2) is 15.9 Å². The van der Waals surface area contributed by atoms with Crippen molar-refractivity contribution in [2.24, 2.45) is 0 Å². The summed E-state index contributed by atoms with van der Waals surface area (Å²) in [6.45, 7) is 3.38. The quantitative estimate of drug-likeness (QED) is 0.756. The fraction of sp³-hybridized carbons (Fsp3) is 0.333. The SMILES string of the molecule is CC(=O)SCCC=Cc1ncc(F)cc1C. The Labute approximate surface area is 99.0 Å². The number of rotatable bonds is 4. The molecule has 0 spiro atoms. The molecule has 0 aliphatic carbocycles. The first-order valence-corrected chi connectivity index (χ1v) is 6.00. The van der Waals surface area contributed by atoms with Crippen molar-refractivity contribution in [3.05, 3.63) is 35.4 Å². The Morgan fingerprint density at radius 2 is 2.38 bits per heavy atom. The molecule has 16 heavy (non-hydrogen) atoms. The fourth-order valence-corrected chi connectivity index (χ4v) is 1.73. The Balaban J connectivity index is 2.47. The lowest BCUT2D eigenvalue weighted by atomic mass is 10.2. The molecule has 0 aliphatic rings. The van der Waals surface area contributed by atoms with E-state index in [-0.39, 0.29) is 10.9 Å². The number of halogens is 1. The van der Waals surface area contributed by atoms with E-state index < -0.39 is 0 Å². The third kappa shape index (κ3) is 4.57. The minimum absolute atomic E-state index is 0.129. The highest BCUT2D eigenvalue weighted by molar-refractivity contribution is 8.13. The van der Waals surface area contributed by atoms with Crippen LogP contribution in [0, 0.1) is 12.7 Å². The smallest absolute Gasteiger partial charge is 0.185 e. The summed E-state index contributed by atoms with van der Waals surface area (Å²) in [6, 6.07) is 1.46. The maximum absolute atomic E-state index is 12.8. The van der Waals surface area contributed by atoms with Gasteiger partial charge in [-0.15, -0.1) is 0 Å². The van der Waals surface area contributed by atoms with E-state index in [1.165, 1.54) is 24.0 Å². The first-order chi connectivity index (χ1) is 7.59. The summed E-state index contributed by atoms with van der Waals surface area (Å²) in [5, 5.41) is 0.129. The maximum Gasteiger partial charge on any atom is 0.185 e. The molecule has 1 aromatic heterocycles. The summed E-state index contributed by atoms with van der Waals surface area (Å²) in [5.74, 6) is 0.452. The van der Waals surface area contributed by atoms with Gasteiger partial charge in [0.2, 0.25) is 0 Å². The van der Waals surface area contributed by atoms with Crippen LogP contribution in [-0.2, 0) is 4.79 Å². The monoisotopic (exact) mass is 239 g/mol. The van der Waals surface area contributed by atoms with Crippen LogP contribution in [0.4, 0.5) is 4.39 Å². The summed E-state index contributed by atoms with van der Waals surface area (Å²) in [7, 11) is 0. The summed E-state index contributed by atoms with van der Waals surface area (Å²) in [4.78, 5) is 14.6. The summed E-state index contributed by atoms with van der Waals surface area (Å²) in [6.07, 6.45) is 5.82. The predicted octanol–water partition coefficient (Wildman–Crippen LogP) is 3.21. The minimum Gasteiger partial charge on any atom is -0.288 e. The highest BCUT2D eigenvalue weighted by Gasteiger charge is 1.97. The van der Waals surface area contributed by atoms with E-state index in [1.54, 1.807) is 6.92 Å². The van der Waals surface area contributed by atoms with Crippen molar-refractivity contribution in [3.8, 4) is 0 Å². The summed E-state index contributed by atoms with van der Waals surface area (Å²) < 4.78 is 12.8. The van der Waals surface area contributed by atoms with E-state index >= 15 is 0 Å². The molecule has 0 atom stereocenters. The first-order valence-electron chi connectivity index (χ1n) is 5.01. The van der Waals surface area contributed by atoms with Crippen molar-refractivity contribution >= 4 is 23.0 Å². The van der Waals surface area contributed by atoms with E-state index in [2.05, 4.69) is 4.98 Å². The largest absolute Gasteiger partial charge is 0.288 e. The molecule has 1 aromatic rings. The number of thioether (sulfide) groups is 1. The molecule has 0 amide bonds. The zero-order chi connectivity index (χ0) is 12.0. The number of carbonyl (C=O) groups excluding carboxylic acids is 1. The molecule has 0 unspecified atom stereocenters. The van der Waals surface area contributed by atoms with Crippen LogP contribution < -0.4 is 0 Å². The molecule has 1 rings (SSSR count). The van der Waals surface area contributed by atoms with Gasteiger partial charge in [0.1, 0.15) is 5.82 Å². The number of nitrogens with zero attached hydrogens (tertiary/aromatic N) is 1. The molecule has 0 saturated heterocycles. The first kappa shape index (κ1) is 12.9. The second-order valence-electron chi connectivity index (χ2n) is 3.39. The van der Waals surface area contributed by atoms with Gasteiger partial charge < -0.3 is 0 Å². The lowest BCUT2D eigenvalue weighted by molar-refractivity contribution is -0.109. The van der Waals surface area contributed by atoms with Crippen molar-refractivity contribution in [3.63, 3.8) is 0 Å². The molecule has 86 valence electrons. The van der Waals surface area contributed by atoms with E-state index in [0.29, 0.717) is 0 Å². The molecular formula is C12H14FNOS. The average Bonchev–Trinajstić information content (AvgIpc) is 2.20. The minimum atomic E-state index is -0.318. The molecule has 0 aromatic carbocycles. The van der Waals surface area contributed by atoms with Crippen LogP contribution >= 0.6 is 11.8 Å². The van der Waals surface area contributed by atoms with E-state index in [1.807, 2.05) is 19.1 Å². The number of allylic oxidation sites excluding steroid dienone is 1. The number of carbonyl (C=O) groups is 1. The Kier molecular flexibility index (Phi) is 5.19. The van der Waals surface area contributed by atoms with Crippen LogP contribution in [0.2, 0.25) is 0 Å². The van der Waals surface area contributed by atoms with Crippen LogP contribution in [0.25, 0.3) is 6.08 Å². The van der Waals surface area contributed by atoms with Crippen molar-refractivity contribution in [1.29, 1.82) is 0 Å². The molecule has 0 aliphatic heterocycles. The fourth-order valence-electron chi connectivity index (χ4n) is 1.19. The van der Waals surface area contributed by atoms with Gasteiger partial charge in [-0.2, -0.15) is 0 Å². The number of pyridine rings is 1. The van der Waals surface area contributed by atoms with Gasteiger partial charge in [-0.05, 0) is 31.1 Å². The van der Waals surface area contributed by atoms with E-state index in [9.17, 15) is 9.18 Å². The van der Waals surface area contributed by atoms with Gasteiger partial charge in [0.15, 0.2) is 5.12 Å². The lowest BCUT2D eigenvalue weighted by Crippen LogP contribution is -1.88. The average molecular weight is 239 g/mol. The number of hydrogen-bond acceptors (Lipinski definition) is 3. The van der Waals surface area contributed by atoms with Gasteiger partial charge in [-0.1, -0.05) is 17.8 Å². The van der Waals surface area contributed by atoms with Gasteiger partial charge in [-0.3, -0.25) is 9.78 Å². The molecule has 0 bridgehead atoms. The number of aryl methyl sites for hydroxylation is 1. The Morgan fingerprint density at radius 1 is 1.62 bits per heavy atom. The Morgan fingerprint density at radius 3 is 3.00 bits per heavy atom. The van der Waals surface area contributed by atoms with Crippen molar-refractivity contribution in [2.45, 2.75) is 20.3 Å². The van der Waals surface area contributed by atoms with Gasteiger partial charge in [-0.25, -0.2) is 4.39 Å². The zero-order valence-corrected chi connectivity index (χ0v) is 10.2. The predicted molar refractivity (Wildman–Crippen MR) is 65.7 cm³/mol. The second-order valence-corrected chi connectivity index (χ2v) is 4.66. The van der Waals surface area contributed by atoms with Crippen molar-refractivity contribution in [2.75, 3.05) is 5.75 Å². The molecule has 2 nitrogen and oxygen atoms in total. The van der Waals surface area contributed by atoms with Crippen LogP contribution in [0.5, 0.6) is 0 Å². The summed E-state index contributed by atoms with van der Waals surface area (Å²) >= 11 is 1.30. The standard InChI is InChI=1S/C12H14FNOS/c1-9-7-11(13)8-14-12(9)5-3-4-6-16-10(2)15/h3,5,7-8H,4,6H2,1-2H3. The highest BCUT2D eigenvalue weighted by Crippen LogP contribution is 2.10. The topological polar surface area (TPSA) is 30.0 Å². The van der Waals surface area contributed by atoms with Gasteiger partial charge in [0, 0.05) is 12.7 Å². The van der Waals surface area contributed by atoms with E-state index in [4.69, 9.17) is 0 Å². The Hall–Kier alpha value is -1.16. The molecule has 0 N–H and O–H groups in total. The van der Waals surface area contributed by atoms with Gasteiger partial charge >= 0.3 is 0 Å². The third-order valence-corrected chi connectivity index (χ3v) is 2.80. The highest BCUT2D eigenvalue weighted by atomic mass is 32.2. The molecule has 0 radical (unpaired) electrons. The van der Waals surface area contributed by atoms with Crippen molar-refractivity contribution < 1.29 is 9.18 Å². The second kappa shape index (κ2) is 6.43. The number of aromatic nitrogens is 1. The van der Waals surface area contributed by atoms with E-state index in [0.717, 1.165) is 23.4 Å². The normalized spacial score (nSPS) is 10.9. The number of hydrogen-bond donors (Lipinski definition) is 0. The summed E-state index contributed by atoms with van der Waals surface area (Å²) in [5.41, 5.74) is 1.59. The molecule has 1 heterocycles. The third-order valence-electron chi connectivity index (χ3n) is 1.95. The van der Waals surface area contributed by atoms with Crippen LogP contribution in [0.3, 0.4) is 0 Å². The molecular weight excluding hydrogens is 225 g/mol. The molecule has 0 fully saturated rings. The Bertz CT molecular complexity index is 404. The van der Waals surface area contributed by atoms with Crippen LogP contribution in [0.15, 0.2) is 18.3 Å². The van der Waals surface area contributed by atoms with Crippen molar-refractivity contribution in [1.82, 2.24) is 4.98 Å². The lowest BCUT2D eigenvalue weighted by Gasteiger charge is -1.98. The zero-order valence-electron chi connectivity index (χ0n) is 9.37. The molecule has 0 saturated carbocycles. The maximum atomic E-state index is 12.8. The molecule has 4 heteroatoms. The van der Waals surface area contributed by atoms with Gasteiger partial charge in [0.05, 0.1) is 11.9 Å². The van der Waals surface area contributed by atoms with Gasteiger partial charge in [0.25, 0.3) is 0 Å².